The first kappa shape index (κ1) is 14.8. The number of amides is 2. The van der Waals surface area contributed by atoms with Gasteiger partial charge in [-0.2, -0.15) is 0 Å². The Hall–Kier alpha value is -1.26. The molecule has 3 atom stereocenters. The molecule has 1 fully saturated rings. The maximum atomic E-state index is 11.7. The normalized spacial score (nSPS) is 27.4. The lowest BCUT2D eigenvalue weighted by Crippen LogP contribution is -2.48. The molecule has 0 aliphatic heterocycles. The highest BCUT2D eigenvalue weighted by molar-refractivity contribution is 5.75. The molecule has 0 aromatic rings. The third-order valence-corrected chi connectivity index (χ3v) is 3.87. The van der Waals surface area contributed by atoms with Crippen molar-refractivity contribution >= 4 is 12.0 Å². The fourth-order valence-electron chi connectivity index (χ4n) is 2.39. The molecule has 104 valence electrons. The average molecular weight is 256 g/mol. The number of methoxy groups -OCH3 is 1. The topological polar surface area (TPSA) is 67.4 Å². The van der Waals surface area contributed by atoms with Crippen LogP contribution in [0.25, 0.3) is 0 Å². The highest BCUT2D eigenvalue weighted by Crippen LogP contribution is 2.29. The van der Waals surface area contributed by atoms with E-state index < -0.39 is 0 Å². The highest BCUT2D eigenvalue weighted by atomic mass is 16.5. The van der Waals surface area contributed by atoms with E-state index in [0.29, 0.717) is 18.4 Å². The molecule has 3 unspecified atom stereocenters. The molecule has 0 saturated heterocycles. The van der Waals surface area contributed by atoms with Crippen molar-refractivity contribution in [3.63, 3.8) is 0 Å². The van der Waals surface area contributed by atoms with Gasteiger partial charge in [0, 0.05) is 12.6 Å². The fraction of sp³-hybridized carbons (Fsp3) is 0.846. The molecule has 1 aliphatic rings. The Balaban J connectivity index is 2.25. The van der Waals surface area contributed by atoms with Crippen LogP contribution in [0.15, 0.2) is 0 Å². The first-order valence-electron chi connectivity index (χ1n) is 6.65. The van der Waals surface area contributed by atoms with Crippen LogP contribution in [0.4, 0.5) is 4.79 Å². The Morgan fingerprint density at radius 1 is 1.28 bits per heavy atom. The number of ether oxygens (including phenoxy) is 1. The second-order valence-electron chi connectivity index (χ2n) is 5.10. The predicted molar refractivity (Wildman–Crippen MR) is 69.1 cm³/mol. The molecule has 1 rings (SSSR count). The van der Waals surface area contributed by atoms with Crippen LogP contribution in [0.5, 0.6) is 0 Å². The second kappa shape index (κ2) is 7.24. The number of hydrogen-bond donors (Lipinski definition) is 2. The average Bonchev–Trinajstić information content (AvgIpc) is 2.34. The number of hydrogen-bond acceptors (Lipinski definition) is 3. The van der Waals surface area contributed by atoms with Crippen molar-refractivity contribution in [1.82, 2.24) is 10.6 Å². The minimum atomic E-state index is -0.310. The van der Waals surface area contributed by atoms with Gasteiger partial charge in [-0.15, -0.1) is 0 Å². The molecule has 5 nitrogen and oxygen atoms in total. The van der Waals surface area contributed by atoms with Gasteiger partial charge >= 0.3 is 12.0 Å². The molecule has 0 bridgehead atoms. The van der Waals surface area contributed by atoms with Crippen LogP contribution in [0, 0.1) is 11.8 Å². The van der Waals surface area contributed by atoms with Crippen molar-refractivity contribution in [2.75, 3.05) is 13.7 Å². The van der Waals surface area contributed by atoms with Crippen molar-refractivity contribution in [1.29, 1.82) is 0 Å². The van der Waals surface area contributed by atoms with Crippen molar-refractivity contribution in [3.05, 3.63) is 0 Å². The lowest BCUT2D eigenvalue weighted by Gasteiger charge is -2.34. The van der Waals surface area contributed by atoms with Crippen molar-refractivity contribution in [2.24, 2.45) is 11.8 Å². The third-order valence-electron chi connectivity index (χ3n) is 3.87. The minimum Gasteiger partial charge on any atom is -0.469 e. The van der Waals surface area contributed by atoms with E-state index in [1.165, 1.54) is 20.0 Å². The van der Waals surface area contributed by atoms with Crippen molar-refractivity contribution in [3.8, 4) is 0 Å². The molecule has 2 amide bonds. The van der Waals surface area contributed by atoms with Crippen LogP contribution in [0.3, 0.4) is 0 Å². The van der Waals surface area contributed by atoms with E-state index in [1.54, 1.807) is 0 Å². The molecule has 0 aromatic carbocycles. The maximum absolute atomic E-state index is 11.7. The summed E-state index contributed by atoms with van der Waals surface area (Å²) in [6.07, 6.45) is 3.65. The van der Waals surface area contributed by atoms with E-state index in [4.69, 9.17) is 0 Å². The predicted octanol–water partition coefficient (Wildman–Crippen LogP) is 1.67. The summed E-state index contributed by atoms with van der Waals surface area (Å²) in [5, 5.41) is 5.67. The molecule has 1 aliphatic carbocycles. The first-order valence-corrected chi connectivity index (χ1v) is 6.65. The Bertz CT molecular complexity index is 294. The summed E-state index contributed by atoms with van der Waals surface area (Å²) in [5.74, 6) is 0.846. The highest BCUT2D eigenvalue weighted by Gasteiger charge is 2.27. The van der Waals surface area contributed by atoms with Crippen LogP contribution in [-0.4, -0.2) is 31.7 Å². The fourth-order valence-corrected chi connectivity index (χ4v) is 2.39. The number of nitrogens with one attached hydrogen (secondary N) is 2. The molecule has 1 saturated carbocycles. The van der Waals surface area contributed by atoms with Gasteiger partial charge in [0.05, 0.1) is 13.5 Å². The summed E-state index contributed by atoms with van der Waals surface area (Å²) in [6.45, 7) is 4.73. The van der Waals surface area contributed by atoms with Gasteiger partial charge in [-0.1, -0.05) is 26.7 Å². The van der Waals surface area contributed by atoms with E-state index in [0.717, 1.165) is 6.42 Å². The number of esters is 1. The summed E-state index contributed by atoms with van der Waals surface area (Å²) in [7, 11) is 1.34. The van der Waals surface area contributed by atoms with Gasteiger partial charge in [0.15, 0.2) is 0 Å². The lowest BCUT2D eigenvalue weighted by molar-refractivity contribution is -0.140. The zero-order valence-electron chi connectivity index (χ0n) is 11.5. The lowest BCUT2D eigenvalue weighted by atomic mass is 9.78. The number of carbonyl (C=O) groups excluding carboxylic acids is 2. The molecule has 5 heteroatoms. The third kappa shape index (κ3) is 4.55. The van der Waals surface area contributed by atoms with E-state index in [9.17, 15) is 9.59 Å². The number of carbonyl (C=O) groups is 2. The molecule has 0 spiro atoms. The number of urea groups is 1. The zero-order chi connectivity index (χ0) is 13.5. The van der Waals surface area contributed by atoms with Crippen LogP contribution in [0.1, 0.15) is 39.5 Å². The van der Waals surface area contributed by atoms with Gasteiger partial charge < -0.3 is 15.4 Å². The van der Waals surface area contributed by atoms with Gasteiger partial charge in [0.25, 0.3) is 0 Å². The van der Waals surface area contributed by atoms with Gasteiger partial charge in [-0.25, -0.2) is 4.79 Å². The van der Waals surface area contributed by atoms with Crippen molar-refractivity contribution in [2.45, 2.75) is 45.6 Å². The summed E-state index contributed by atoms with van der Waals surface area (Å²) < 4.78 is 4.50. The van der Waals surface area contributed by atoms with Crippen LogP contribution >= 0.6 is 0 Å². The van der Waals surface area contributed by atoms with Gasteiger partial charge in [0.2, 0.25) is 0 Å². The Labute approximate surface area is 109 Å². The standard InChI is InChI=1S/C13H24N2O3/c1-9-5-4-6-11(10(9)2)15-13(17)14-8-7-12(16)18-3/h9-11H,4-8H2,1-3H3,(H2,14,15,17). The molecule has 2 N–H and O–H groups in total. The smallest absolute Gasteiger partial charge is 0.315 e. The molecule has 0 aromatic heterocycles. The van der Waals surface area contributed by atoms with E-state index in [2.05, 4.69) is 29.2 Å². The van der Waals surface area contributed by atoms with E-state index in [1.807, 2.05) is 0 Å². The molecule has 18 heavy (non-hydrogen) atoms. The Morgan fingerprint density at radius 2 is 2.00 bits per heavy atom. The maximum Gasteiger partial charge on any atom is 0.315 e. The van der Waals surface area contributed by atoms with Gasteiger partial charge in [0.1, 0.15) is 0 Å². The van der Waals surface area contributed by atoms with Gasteiger partial charge in [-0.05, 0) is 18.3 Å². The van der Waals surface area contributed by atoms with Crippen molar-refractivity contribution < 1.29 is 14.3 Å². The molecule has 0 radical (unpaired) electrons. The van der Waals surface area contributed by atoms with Gasteiger partial charge in [-0.3, -0.25) is 4.79 Å². The Kier molecular flexibility index (Phi) is 5.95. The number of rotatable bonds is 4. The van der Waals surface area contributed by atoms with Crippen LogP contribution in [-0.2, 0) is 9.53 Å². The van der Waals surface area contributed by atoms with Crippen LogP contribution < -0.4 is 10.6 Å². The summed E-state index contributed by atoms with van der Waals surface area (Å²) in [5.41, 5.74) is 0. The molecular weight excluding hydrogens is 232 g/mol. The van der Waals surface area contributed by atoms with E-state index >= 15 is 0 Å². The second-order valence-corrected chi connectivity index (χ2v) is 5.10. The quantitative estimate of drug-likeness (QED) is 0.752. The Morgan fingerprint density at radius 3 is 2.67 bits per heavy atom. The SMILES string of the molecule is COC(=O)CCNC(=O)NC1CCCC(C)C1C. The summed E-state index contributed by atoms with van der Waals surface area (Å²) >= 11 is 0. The van der Waals surface area contributed by atoms with E-state index in [-0.39, 0.29) is 24.5 Å². The van der Waals surface area contributed by atoms with Crippen LogP contribution in [0.2, 0.25) is 0 Å². The summed E-state index contributed by atoms with van der Waals surface area (Å²) in [6, 6.07) is 0.0525. The zero-order valence-corrected chi connectivity index (χ0v) is 11.5. The largest absolute Gasteiger partial charge is 0.469 e. The summed E-state index contributed by atoms with van der Waals surface area (Å²) in [4.78, 5) is 22.5. The minimum absolute atomic E-state index is 0.190. The molecular formula is C13H24N2O3. The molecule has 0 heterocycles. The monoisotopic (exact) mass is 256 g/mol. The first-order chi connectivity index (χ1) is 8.54.